The molecule has 0 saturated carbocycles. The van der Waals surface area contributed by atoms with Gasteiger partial charge in [0, 0.05) is 44.0 Å². The summed E-state index contributed by atoms with van der Waals surface area (Å²) in [4.78, 5) is 28.4. The van der Waals surface area contributed by atoms with E-state index in [1.165, 1.54) is 11.8 Å². The number of rotatable bonds is 4. The second-order valence-electron chi connectivity index (χ2n) is 6.23. The van der Waals surface area contributed by atoms with Gasteiger partial charge >= 0.3 is 0 Å². The maximum absolute atomic E-state index is 12.5. The third kappa shape index (κ3) is 3.89. The first-order chi connectivity index (χ1) is 11.6. The lowest BCUT2D eigenvalue weighted by Gasteiger charge is -2.40. The molecule has 1 amide bonds. The summed E-state index contributed by atoms with van der Waals surface area (Å²) >= 11 is 0. The summed E-state index contributed by atoms with van der Waals surface area (Å²) in [5.41, 5.74) is 1.46. The van der Waals surface area contributed by atoms with Crippen molar-refractivity contribution >= 4 is 5.91 Å². The molecule has 1 aromatic heterocycles. The van der Waals surface area contributed by atoms with E-state index >= 15 is 0 Å². The van der Waals surface area contributed by atoms with Crippen LogP contribution in [0.25, 0.3) is 0 Å². The van der Waals surface area contributed by atoms with Gasteiger partial charge in [0.25, 0.3) is 5.56 Å². The standard InChI is InChI=1S/C18H22N4O2/c1-14-12-22(17(23)11-16-7-8-19-20-18(16)24)10-9-21(14)13-15-5-3-2-4-6-15/h2-8,14H,9-13H2,1H3,(H,20,24). The number of piperazine rings is 1. The van der Waals surface area contributed by atoms with Crippen molar-refractivity contribution in [2.45, 2.75) is 25.9 Å². The van der Waals surface area contributed by atoms with Crippen molar-refractivity contribution in [3.05, 3.63) is 64.1 Å². The average molecular weight is 326 g/mol. The molecule has 1 saturated heterocycles. The summed E-state index contributed by atoms with van der Waals surface area (Å²) in [5.74, 6) is -0.00193. The summed E-state index contributed by atoms with van der Waals surface area (Å²) in [5, 5.41) is 6.02. The molecule has 0 bridgehead atoms. The number of aromatic amines is 1. The van der Waals surface area contributed by atoms with E-state index in [2.05, 4.69) is 34.2 Å². The first-order valence-electron chi connectivity index (χ1n) is 8.22. The molecule has 1 aliphatic heterocycles. The Morgan fingerprint density at radius 1 is 1.25 bits per heavy atom. The number of H-pyrrole nitrogens is 1. The van der Waals surface area contributed by atoms with Crippen LogP contribution in [0.4, 0.5) is 0 Å². The van der Waals surface area contributed by atoms with Crippen LogP contribution in [0.15, 0.2) is 47.4 Å². The van der Waals surface area contributed by atoms with E-state index in [4.69, 9.17) is 0 Å². The predicted molar refractivity (Wildman–Crippen MR) is 91.5 cm³/mol. The maximum Gasteiger partial charge on any atom is 0.267 e. The van der Waals surface area contributed by atoms with E-state index in [0.717, 1.165) is 13.1 Å². The van der Waals surface area contributed by atoms with Crippen molar-refractivity contribution in [1.82, 2.24) is 20.0 Å². The van der Waals surface area contributed by atoms with Gasteiger partial charge in [0.2, 0.25) is 5.91 Å². The molecule has 2 aromatic rings. The lowest BCUT2D eigenvalue weighted by Crippen LogP contribution is -2.53. The fourth-order valence-electron chi connectivity index (χ4n) is 3.06. The number of hydrogen-bond donors (Lipinski definition) is 1. The summed E-state index contributed by atoms with van der Waals surface area (Å²) in [6.45, 7) is 5.26. The number of benzene rings is 1. The van der Waals surface area contributed by atoms with Gasteiger partial charge < -0.3 is 4.90 Å². The zero-order valence-electron chi connectivity index (χ0n) is 13.8. The van der Waals surface area contributed by atoms with Crippen molar-refractivity contribution in [3.63, 3.8) is 0 Å². The van der Waals surface area contributed by atoms with Crippen molar-refractivity contribution in [3.8, 4) is 0 Å². The molecule has 24 heavy (non-hydrogen) atoms. The minimum atomic E-state index is -0.290. The third-order valence-corrected chi connectivity index (χ3v) is 4.50. The van der Waals surface area contributed by atoms with E-state index < -0.39 is 0 Å². The van der Waals surface area contributed by atoms with Gasteiger partial charge in [-0.25, -0.2) is 5.10 Å². The van der Waals surface area contributed by atoms with Crippen LogP contribution in [0.2, 0.25) is 0 Å². The largest absolute Gasteiger partial charge is 0.340 e. The molecule has 1 atom stereocenters. The van der Waals surface area contributed by atoms with Gasteiger partial charge in [-0.2, -0.15) is 5.10 Å². The zero-order valence-corrected chi connectivity index (χ0v) is 13.8. The molecule has 6 heteroatoms. The Hall–Kier alpha value is -2.47. The second-order valence-corrected chi connectivity index (χ2v) is 6.23. The third-order valence-electron chi connectivity index (χ3n) is 4.50. The van der Waals surface area contributed by atoms with Crippen LogP contribution in [0, 0.1) is 0 Å². The molecule has 0 radical (unpaired) electrons. The van der Waals surface area contributed by atoms with Gasteiger partial charge in [-0.15, -0.1) is 0 Å². The van der Waals surface area contributed by atoms with Crippen LogP contribution in [-0.2, 0) is 17.8 Å². The number of carbonyl (C=O) groups excluding carboxylic acids is 1. The van der Waals surface area contributed by atoms with E-state index in [1.807, 2.05) is 23.1 Å². The van der Waals surface area contributed by atoms with Gasteiger partial charge in [-0.05, 0) is 18.6 Å². The Bertz CT molecular complexity index is 744. The fraction of sp³-hybridized carbons (Fsp3) is 0.389. The molecule has 0 aliphatic carbocycles. The molecule has 1 fully saturated rings. The molecule has 6 nitrogen and oxygen atoms in total. The predicted octanol–water partition coefficient (Wildman–Crippen LogP) is 1.05. The van der Waals surface area contributed by atoms with Crippen molar-refractivity contribution < 1.29 is 4.79 Å². The lowest BCUT2D eigenvalue weighted by atomic mass is 10.1. The average Bonchev–Trinajstić information content (AvgIpc) is 2.59. The number of nitrogens with one attached hydrogen (secondary N) is 1. The van der Waals surface area contributed by atoms with Crippen LogP contribution in [-0.4, -0.2) is 51.6 Å². The Labute approximate surface area is 141 Å². The number of nitrogens with zero attached hydrogens (tertiary/aromatic N) is 3. The molecular formula is C18H22N4O2. The second kappa shape index (κ2) is 7.40. The quantitative estimate of drug-likeness (QED) is 0.912. The van der Waals surface area contributed by atoms with Gasteiger partial charge in [0.1, 0.15) is 0 Å². The highest BCUT2D eigenvalue weighted by Gasteiger charge is 2.26. The van der Waals surface area contributed by atoms with Crippen LogP contribution < -0.4 is 5.56 Å². The Morgan fingerprint density at radius 2 is 2.04 bits per heavy atom. The van der Waals surface area contributed by atoms with E-state index in [1.54, 1.807) is 6.07 Å². The maximum atomic E-state index is 12.5. The lowest BCUT2D eigenvalue weighted by molar-refractivity contribution is -0.133. The molecule has 126 valence electrons. The van der Waals surface area contributed by atoms with E-state index in [9.17, 15) is 9.59 Å². The molecule has 0 spiro atoms. The van der Waals surface area contributed by atoms with Gasteiger partial charge in [0.15, 0.2) is 0 Å². The van der Waals surface area contributed by atoms with Crippen LogP contribution >= 0.6 is 0 Å². The zero-order chi connectivity index (χ0) is 16.9. The van der Waals surface area contributed by atoms with E-state index in [0.29, 0.717) is 24.7 Å². The van der Waals surface area contributed by atoms with Crippen LogP contribution in [0.3, 0.4) is 0 Å². The minimum Gasteiger partial charge on any atom is -0.340 e. The van der Waals surface area contributed by atoms with Crippen molar-refractivity contribution in [1.29, 1.82) is 0 Å². The number of carbonyl (C=O) groups is 1. The number of amides is 1. The first kappa shape index (κ1) is 16.4. The molecule has 2 heterocycles. The molecule has 1 aliphatic rings. The Kier molecular flexibility index (Phi) is 5.05. The van der Waals surface area contributed by atoms with Crippen molar-refractivity contribution in [2.24, 2.45) is 0 Å². The minimum absolute atomic E-state index is 0.00193. The van der Waals surface area contributed by atoms with Gasteiger partial charge in [-0.3, -0.25) is 14.5 Å². The summed E-state index contributed by atoms with van der Waals surface area (Å²) in [6.07, 6.45) is 1.63. The van der Waals surface area contributed by atoms with Gasteiger partial charge in [-0.1, -0.05) is 30.3 Å². The van der Waals surface area contributed by atoms with E-state index in [-0.39, 0.29) is 17.9 Å². The highest BCUT2D eigenvalue weighted by molar-refractivity contribution is 5.78. The highest BCUT2D eigenvalue weighted by atomic mass is 16.2. The summed E-state index contributed by atoms with van der Waals surface area (Å²) in [7, 11) is 0. The topological polar surface area (TPSA) is 69.3 Å². The molecule has 1 unspecified atom stereocenters. The van der Waals surface area contributed by atoms with Gasteiger partial charge in [0.05, 0.1) is 6.42 Å². The summed E-state index contributed by atoms with van der Waals surface area (Å²) in [6, 6.07) is 12.3. The first-order valence-corrected chi connectivity index (χ1v) is 8.22. The van der Waals surface area contributed by atoms with Crippen LogP contribution in [0.5, 0.6) is 0 Å². The number of aromatic nitrogens is 2. The summed E-state index contributed by atoms with van der Waals surface area (Å²) < 4.78 is 0. The van der Waals surface area contributed by atoms with Crippen molar-refractivity contribution in [2.75, 3.05) is 19.6 Å². The molecule has 3 rings (SSSR count). The fourth-order valence-corrected chi connectivity index (χ4v) is 3.06. The monoisotopic (exact) mass is 326 g/mol. The Balaban J connectivity index is 1.58. The Morgan fingerprint density at radius 3 is 2.75 bits per heavy atom. The molecular weight excluding hydrogens is 304 g/mol. The van der Waals surface area contributed by atoms with Crippen LogP contribution in [0.1, 0.15) is 18.1 Å². The SMILES string of the molecule is CC1CN(C(=O)Cc2ccn[nH]c2=O)CCN1Cc1ccccc1. The molecule has 1 N–H and O–H groups in total. The molecule has 1 aromatic carbocycles. The number of hydrogen-bond acceptors (Lipinski definition) is 4. The highest BCUT2D eigenvalue weighted by Crippen LogP contribution is 2.14. The normalized spacial score (nSPS) is 18.5. The smallest absolute Gasteiger partial charge is 0.267 e.